The number of aliphatic hydroxyl groups is 1. The van der Waals surface area contributed by atoms with Crippen LogP contribution < -0.4 is 5.32 Å². The molecule has 0 radical (unpaired) electrons. The summed E-state index contributed by atoms with van der Waals surface area (Å²) in [5, 5.41) is 13.1. The van der Waals surface area contributed by atoms with E-state index in [0.717, 1.165) is 31.8 Å². The Bertz CT molecular complexity index is 366. The van der Waals surface area contributed by atoms with Crippen molar-refractivity contribution in [3.05, 3.63) is 35.9 Å². The number of hydrogen-bond donors (Lipinski definition) is 2. The van der Waals surface area contributed by atoms with Crippen molar-refractivity contribution in [3.8, 4) is 0 Å². The first kappa shape index (κ1) is 14.5. The Hall–Kier alpha value is -0.860. The summed E-state index contributed by atoms with van der Waals surface area (Å²) in [6.07, 6.45) is 4.25. The molecular formula is C17H27NO. The van der Waals surface area contributed by atoms with Gasteiger partial charge in [0.2, 0.25) is 0 Å². The van der Waals surface area contributed by atoms with Gasteiger partial charge >= 0.3 is 0 Å². The highest BCUT2D eigenvalue weighted by Crippen LogP contribution is 2.25. The van der Waals surface area contributed by atoms with Gasteiger partial charge in [0, 0.05) is 12.0 Å². The van der Waals surface area contributed by atoms with Crippen LogP contribution in [0.1, 0.15) is 45.1 Å². The van der Waals surface area contributed by atoms with Crippen LogP contribution in [0.15, 0.2) is 30.3 Å². The third kappa shape index (κ3) is 4.32. The molecule has 0 aliphatic heterocycles. The zero-order valence-electron chi connectivity index (χ0n) is 12.2. The molecule has 0 unspecified atom stereocenters. The zero-order valence-corrected chi connectivity index (χ0v) is 12.2. The number of rotatable bonds is 5. The summed E-state index contributed by atoms with van der Waals surface area (Å²) in [5.74, 6) is 0.745. The number of benzene rings is 1. The van der Waals surface area contributed by atoms with Crippen molar-refractivity contribution in [2.75, 3.05) is 13.1 Å². The van der Waals surface area contributed by atoms with Crippen LogP contribution in [-0.4, -0.2) is 24.3 Å². The molecule has 2 heteroatoms. The minimum Gasteiger partial charge on any atom is -0.393 e. The van der Waals surface area contributed by atoms with Gasteiger partial charge in [-0.25, -0.2) is 0 Å². The maximum Gasteiger partial charge on any atom is 0.0540 e. The third-order valence-electron chi connectivity index (χ3n) is 4.37. The van der Waals surface area contributed by atoms with E-state index in [9.17, 15) is 5.11 Å². The van der Waals surface area contributed by atoms with Crippen molar-refractivity contribution < 1.29 is 5.11 Å². The van der Waals surface area contributed by atoms with Gasteiger partial charge < -0.3 is 10.4 Å². The second-order valence-corrected chi connectivity index (χ2v) is 6.56. The lowest BCUT2D eigenvalue weighted by atomic mass is 9.84. The van der Waals surface area contributed by atoms with Crippen molar-refractivity contribution in [1.82, 2.24) is 5.32 Å². The van der Waals surface area contributed by atoms with E-state index in [1.807, 2.05) is 0 Å². The molecule has 19 heavy (non-hydrogen) atoms. The maximum absolute atomic E-state index is 9.51. The molecule has 1 aromatic carbocycles. The molecule has 1 aromatic rings. The summed E-state index contributed by atoms with van der Waals surface area (Å²) in [6, 6.07) is 10.7. The van der Waals surface area contributed by atoms with Crippen LogP contribution in [0, 0.1) is 5.92 Å². The Morgan fingerprint density at radius 2 is 1.74 bits per heavy atom. The summed E-state index contributed by atoms with van der Waals surface area (Å²) in [5.41, 5.74) is 1.57. The Morgan fingerprint density at radius 1 is 1.11 bits per heavy atom. The summed E-state index contributed by atoms with van der Waals surface area (Å²) in [6.45, 7) is 6.68. The number of hydrogen-bond acceptors (Lipinski definition) is 2. The molecule has 106 valence electrons. The van der Waals surface area contributed by atoms with Gasteiger partial charge in [-0.2, -0.15) is 0 Å². The molecule has 0 amide bonds. The lowest BCUT2D eigenvalue weighted by molar-refractivity contribution is 0.108. The topological polar surface area (TPSA) is 32.3 Å². The molecule has 2 nitrogen and oxygen atoms in total. The van der Waals surface area contributed by atoms with Crippen molar-refractivity contribution in [1.29, 1.82) is 0 Å². The van der Waals surface area contributed by atoms with E-state index in [-0.39, 0.29) is 11.5 Å². The SMILES string of the molecule is CC(C)(CNCC1CCC(O)CC1)c1ccccc1. The highest BCUT2D eigenvalue weighted by Gasteiger charge is 2.22. The van der Waals surface area contributed by atoms with Crippen LogP contribution in [0.5, 0.6) is 0 Å². The van der Waals surface area contributed by atoms with Crippen LogP contribution in [0.25, 0.3) is 0 Å². The van der Waals surface area contributed by atoms with E-state index in [2.05, 4.69) is 49.5 Å². The van der Waals surface area contributed by atoms with E-state index < -0.39 is 0 Å². The molecule has 0 aromatic heterocycles. The van der Waals surface area contributed by atoms with Gasteiger partial charge in [0.25, 0.3) is 0 Å². The molecule has 0 heterocycles. The van der Waals surface area contributed by atoms with Crippen molar-refractivity contribution in [3.63, 3.8) is 0 Å². The largest absolute Gasteiger partial charge is 0.393 e. The predicted octanol–water partition coefficient (Wildman–Crippen LogP) is 3.10. The van der Waals surface area contributed by atoms with Crippen molar-refractivity contribution in [2.45, 2.75) is 51.0 Å². The van der Waals surface area contributed by atoms with Crippen molar-refractivity contribution in [2.24, 2.45) is 5.92 Å². The average molecular weight is 261 g/mol. The minimum absolute atomic E-state index is 0.0444. The molecule has 1 saturated carbocycles. The minimum atomic E-state index is -0.0444. The molecular weight excluding hydrogens is 234 g/mol. The molecule has 1 aliphatic carbocycles. The van der Waals surface area contributed by atoms with Gasteiger partial charge in [-0.05, 0) is 43.7 Å². The molecule has 0 bridgehead atoms. The van der Waals surface area contributed by atoms with E-state index in [1.165, 1.54) is 18.4 Å². The summed E-state index contributed by atoms with van der Waals surface area (Å²) in [7, 11) is 0. The Balaban J connectivity index is 1.76. The highest BCUT2D eigenvalue weighted by atomic mass is 16.3. The molecule has 1 fully saturated rings. The maximum atomic E-state index is 9.51. The lowest BCUT2D eigenvalue weighted by Gasteiger charge is -2.29. The van der Waals surface area contributed by atoms with Gasteiger partial charge in [-0.15, -0.1) is 0 Å². The van der Waals surface area contributed by atoms with Crippen LogP contribution in [0.2, 0.25) is 0 Å². The molecule has 2 N–H and O–H groups in total. The first-order chi connectivity index (χ1) is 9.08. The molecule has 0 spiro atoms. The molecule has 0 atom stereocenters. The number of nitrogens with one attached hydrogen (secondary N) is 1. The van der Waals surface area contributed by atoms with Gasteiger partial charge in [-0.1, -0.05) is 44.2 Å². The average Bonchev–Trinajstić information content (AvgIpc) is 2.42. The predicted molar refractivity (Wildman–Crippen MR) is 80.3 cm³/mol. The summed E-state index contributed by atoms with van der Waals surface area (Å²) in [4.78, 5) is 0. The first-order valence-corrected chi connectivity index (χ1v) is 7.52. The fourth-order valence-electron chi connectivity index (χ4n) is 2.93. The Kier molecular flexibility index (Phi) is 5.00. The molecule has 1 aliphatic rings. The molecule has 0 saturated heterocycles. The summed E-state index contributed by atoms with van der Waals surface area (Å²) >= 11 is 0. The normalized spacial score (nSPS) is 24.4. The fraction of sp³-hybridized carbons (Fsp3) is 0.647. The second kappa shape index (κ2) is 6.53. The van der Waals surface area contributed by atoms with E-state index >= 15 is 0 Å². The van der Waals surface area contributed by atoms with E-state index in [4.69, 9.17) is 0 Å². The molecule has 2 rings (SSSR count). The van der Waals surface area contributed by atoms with E-state index in [1.54, 1.807) is 0 Å². The van der Waals surface area contributed by atoms with Crippen LogP contribution >= 0.6 is 0 Å². The Morgan fingerprint density at radius 3 is 2.37 bits per heavy atom. The van der Waals surface area contributed by atoms with Crippen LogP contribution in [0.3, 0.4) is 0 Å². The smallest absolute Gasteiger partial charge is 0.0540 e. The lowest BCUT2D eigenvalue weighted by Crippen LogP contribution is -2.36. The highest BCUT2D eigenvalue weighted by molar-refractivity contribution is 5.23. The third-order valence-corrected chi connectivity index (χ3v) is 4.37. The summed E-state index contributed by atoms with van der Waals surface area (Å²) < 4.78 is 0. The van der Waals surface area contributed by atoms with Gasteiger partial charge in [0.1, 0.15) is 0 Å². The quantitative estimate of drug-likeness (QED) is 0.853. The van der Waals surface area contributed by atoms with E-state index in [0.29, 0.717) is 0 Å². The van der Waals surface area contributed by atoms with Gasteiger partial charge in [0.05, 0.1) is 6.10 Å². The first-order valence-electron chi connectivity index (χ1n) is 7.52. The standard InChI is InChI=1S/C17H27NO/c1-17(2,15-6-4-3-5-7-15)13-18-12-14-8-10-16(19)11-9-14/h3-7,14,16,18-19H,8-13H2,1-2H3. The fourth-order valence-corrected chi connectivity index (χ4v) is 2.93. The number of aliphatic hydroxyl groups excluding tert-OH is 1. The Labute approximate surface area is 117 Å². The van der Waals surface area contributed by atoms with Crippen LogP contribution in [0.4, 0.5) is 0 Å². The van der Waals surface area contributed by atoms with Gasteiger partial charge in [-0.3, -0.25) is 0 Å². The van der Waals surface area contributed by atoms with Crippen LogP contribution in [-0.2, 0) is 5.41 Å². The monoisotopic (exact) mass is 261 g/mol. The zero-order chi connectivity index (χ0) is 13.7. The second-order valence-electron chi connectivity index (χ2n) is 6.56. The van der Waals surface area contributed by atoms with Crippen molar-refractivity contribution >= 4 is 0 Å². The van der Waals surface area contributed by atoms with Gasteiger partial charge in [0.15, 0.2) is 0 Å².